The molecule has 0 radical (unpaired) electrons. The predicted molar refractivity (Wildman–Crippen MR) is 93.0 cm³/mol. The molecule has 0 amide bonds. The van der Waals surface area contributed by atoms with Crippen LogP contribution in [0, 0.1) is 0 Å². The zero-order chi connectivity index (χ0) is 16.2. The Morgan fingerprint density at radius 3 is 3.09 bits per heavy atom. The van der Waals surface area contributed by atoms with E-state index in [9.17, 15) is 0 Å². The third-order valence-corrected chi connectivity index (χ3v) is 5.28. The summed E-state index contributed by atoms with van der Waals surface area (Å²) in [6, 6.07) is 7.70. The van der Waals surface area contributed by atoms with E-state index in [-0.39, 0.29) is 6.10 Å². The molecular weight excluding hydrogens is 382 g/mol. The zero-order valence-corrected chi connectivity index (χ0v) is 15.3. The van der Waals surface area contributed by atoms with Gasteiger partial charge in [-0.2, -0.15) is 0 Å². The fraction of sp³-hybridized carbons (Fsp3) is 0.412. The van der Waals surface area contributed by atoms with Gasteiger partial charge in [-0.05, 0) is 34.1 Å². The second kappa shape index (κ2) is 7.71. The molecule has 0 saturated carbocycles. The lowest BCUT2D eigenvalue weighted by atomic mass is 10.1. The van der Waals surface area contributed by atoms with Crippen LogP contribution in [0.15, 0.2) is 39.4 Å². The van der Waals surface area contributed by atoms with Crippen molar-refractivity contribution in [3.8, 4) is 5.75 Å². The second-order valence-corrected chi connectivity index (χ2v) is 6.75. The molecule has 0 N–H and O–H groups in total. The summed E-state index contributed by atoms with van der Waals surface area (Å²) < 4.78 is 17.9. The lowest BCUT2D eigenvalue weighted by Crippen LogP contribution is -2.27. The van der Waals surface area contributed by atoms with Gasteiger partial charge in [0.25, 0.3) is 0 Å². The molecule has 2 heterocycles. The molecule has 1 aliphatic heterocycles. The van der Waals surface area contributed by atoms with Crippen LogP contribution >= 0.6 is 27.5 Å². The molecule has 0 fully saturated rings. The molecule has 1 unspecified atom stereocenters. The molecule has 0 aliphatic carbocycles. The fourth-order valence-electron chi connectivity index (χ4n) is 2.77. The van der Waals surface area contributed by atoms with Gasteiger partial charge in [-0.1, -0.05) is 17.7 Å². The summed E-state index contributed by atoms with van der Waals surface area (Å²) in [5, 5.41) is 0.595. The van der Waals surface area contributed by atoms with E-state index in [4.69, 9.17) is 25.5 Å². The van der Waals surface area contributed by atoms with Gasteiger partial charge in [0, 0.05) is 36.7 Å². The van der Waals surface area contributed by atoms with Gasteiger partial charge in [-0.15, -0.1) is 0 Å². The van der Waals surface area contributed by atoms with Crippen LogP contribution < -0.4 is 4.74 Å². The topological polar surface area (TPSA) is 34.8 Å². The Kier molecular flexibility index (Phi) is 5.64. The minimum atomic E-state index is -0.0666. The lowest BCUT2D eigenvalue weighted by Gasteiger charge is -2.20. The van der Waals surface area contributed by atoms with Crippen molar-refractivity contribution >= 4 is 27.5 Å². The Morgan fingerprint density at radius 2 is 2.26 bits per heavy atom. The Morgan fingerprint density at radius 1 is 1.39 bits per heavy atom. The Labute approximate surface area is 149 Å². The van der Waals surface area contributed by atoms with Crippen molar-refractivity contribution in [2.75, 3.05) is 26.8 Å². The third kappa shape index (κ3) is 3.91. The van der Waals surface area contributed by atoms with Crippen LogP contribution in [0.5, 0.6) is 5.75 Å². The van der Waals surface area contributed by atoms with Crippen LogP contribution in [0.25, 0.3) is 0 Å². The Hall–Kier alpha value is -1.01. The summed E-state index contributed by atoms with van der Waals surface area (Å²) in [5.74, 6) is 1.64. The number of rotatable bonds is 5. The first-order chi connectivity index (χ1) is 11.2. The van der Waals surface area contributed by atoms with E-state index in [1.54, 1.807) is 13.4 Å². The number of hydrogen-bond acceptors (Lipinski definition) is 4. The molecule has 0 spiro atoms. The van der Waals surface area contributed by atoms with Gasteiger partial charge in [-0.25, -0.2) is 0 Å². The fourth-order valence-corrected chi connectivity index (χ4v) is 3.28. The molecule has 3 rings (SSSR count). The third-order valence-electron chi connectivity index (χ3n) is 4.00. The zero-order valence-electron chi connectivity index (χ0n) is 12.9. The maximum atomic E-state index is 6.33. The molecule has 124 valence electrons. The molecule has 1 aromatic heterocycles. The van der Waals surface area contributed by atoms with Gasteiger partial charge < -0.3 is 13.9 Å². The number of halogens is 2. The molecule has 1 aromatic carbocycles. The van der Waals surface area contributed by atoms with E-state index in [0.29, 0.717) is 17.4 Å². The van der Waals surface area contributed by atoms with Crippen molar-refractivity contribution in [3.63, 3.8) is 0 Å². The smallest absolute Gasteiger partial charge is 0.139 e. The average Bonchev–Trinajstić information content (AvgIpc) is 2.94. The van der Waals surface area contributed by atoms with E-state index >= 15 is 0 Å². The van der Waals surface area contributed by atoms with Crippen LogP contribution in [-0.2, 0) is 11.3 Å². The van der Waals surface area contributed by atoms with Crippen molar-refractivity contribution in [1.82, 2.24) is 4.90 Å². The number of benzene rings is 1. The molecule has 2 aromatic rings. The summed E-state index contributed by atoms with van der Waals surface area (Å²) in [5.41, 5.74) is 1.10. The summed E-state index contributed by atoms with van der Waals surface area (Å²) >= 11 is 9.77. The second-order valence-electron chi connectivity index (χ2n) is 5.52. The van der Waals surface area contributed by atoms with Gasteiger partial charge in [0.05, 0.1) is 24.4 Å². The highest BCUT2D eigenvalue weighted by molar-refractivity contribution is 9.10. The minimum Gasteiger partial charge on any atom is -0.484 e. The van der Waals surface area contributed by atoms with Crippen molar-refractivity contribution in [2.45, 2.75) is 19.1 Å². The van der Waals surface area contributed by atoms with Crippen LogP contribution in [0.3, 0.4) is 0 Å². The molecule has 1 aliphatic rings. The number of fused-ring (bicyclic) bond motifs is 1. The summed E-state index contributed by atoms with van der Waals surface area (Å²) in [6.45, 7) is 3.28. The molecule has 6 heteroatoms. The first-order valence-electron chi connectivity index (χ1n) is 7.57. The van der Waals surface area contributed by atoms with Crippen molar-refractivity contribution in [2.24, 2.45) is 0 Å². The standard InChI is InChI=1S/C17H19BrClNO3/c1-21-10-8-20-7-5-14(12-6-9-22-16(12)11-20)23-15-4-2-3-13(18)17(15)19/h2-4,6,9,14H,5,7-8,10-11H2,1H3. The minimum absolute atomic E-state index is 0.0666. The van der Waals surface area contributed by atoms with E-state index in [2.05, 4.69) is 20.8 Å². The van der Waals surface area contributed by atoms with Crippen LogP contribution in [0.1, 0.15) is 23.8 Å². The van der Waals surface area contributed by atoms with Gasteiger partial charge >= 0.3 is 0 Å². The van der Waals surface area contributed by atoms with E-state index in [0.717, 1.165) is 41.9 Å². The predicted octanol–water partition coefficient (Wildman–Crippen LogP) is 4.67. The molecule has 0 bridgehead atoms. The van der Waals surface area contributed by atoms with Gasteiger partial charge in [0.15, 0.2) is 0 Å². The molecule has 23 heavy (non-hydrogen) atoms. The van der Waals surface area contributed by atoms with Gasteiger partial charge in [0.1, 0.15) is 17.6 Å². The van der Waals surface area contributed by atoms with Gasteiger partial charge in [0.2, 0.25) is 0 Å². The lowest BCUT2D eigenvalue weighted by molar-refractivity contribution is 0.129. The number of ether oxygens (including phenoxy) is 2. The highest BCUT2D eigenvalue weighted by atomic mass is 79.9. The maximum absolute atomic E-state index is 6.33. The van der Waals surface area contributed by atoms with Crippen LogP contribution in [0.2, 0.25) is 5.02 Å². The molecular formula is C17H19BrClNO3. The largest absolute Gasteiger partial charge is 0.484 e. The van der Waals surface area contributed by atoms with Crippen molar-refractivity contribution < 1.29 is 13.9 Å². The number of furan rings is 1. The first kappa shape index (κ1) is 16.8. The molecule has 0 saturated heterocycles. The SMILES string of the molecule is COCCN1CCC(Oc2cccc(Br)c2Cl)c2ccoc2C1. The molecule has 4 nitrogen and oxygen atoms in total. The molecule has 1 atom stereocenters. The van der Waals surface area contributed by atoms with Crippen LogP contribution in [0.4, 0.5) is 0 Å². The number of methoxy groups -OCH3 is 1. The Balaban J connectivity index is 1.79. The highest BCUT2D eigenvalue weighted by Gasteiger charge is 2.26. The van der Waals surface area contributed by atoms with E-state index < -0.39 is 0 Å². The number of nitrogens with zero attached hydrogens (tertiary/aromatic N) is 1. The van der Waals surface area contributed by atoms with E-state index in [1.807, 2.05) is 24.3 Å². The summed E-state index contributed by atoms with van der Waals surface area (Å²) in [4.78, 5) is 2.32. The Bertz CT molecular complexity index is 661. The van der Waals surface area contributed by atoms with Gasteiger partial charge in [-0.3, -0.25) is 4.90 Å². The summed E-state index contributed by atoms with van der Waals surface area (Å²) in [6.07, 6.45) is 2.53. The summed E-state index contributed by atoms with van der Waals surface area (Å²) in [7, 11) is 1.72. The van der Waals surface area contributed by atoms with Crippen molar-refractivity contribution in [3.05, 3.63) is 51.3 Å². The van der Waals surface area contributed by atoms with E-state index in [1.165, 1.54) is 0 Å². The number of hydrogen-bond donors (Lipinski definition) is 0. The highest BCUT2D eigenvalue weighted by Crippen LogP contribution is 2.37. The monoisotopic (exact) mass is 399 g/mol. The normalized spacial score (nSPS) is 18.5. The first-order valence-corrected chi connectivity index (χ1v) is 8.74. The average molecular weight is 401 g/mol. The van der Waals surface area contributed by atoms with Crippen molar-refractivity contribution in [1.29, 1.82) is 0 Å². The quantitative estimate of drug-likeness (QED) is 0.730. The van der Waals surface area contributed by atoms with Crippen LogP contribution in [-0.4, -0.2) is 31.7 Å². The maximum Gasteiger partial charge on any atom is 0.139 e.